The number of benzene rings is 2. The first-order valence-corrected chi connectivity index (χ1v) is 8.53. The second kappa shape index (κ2) is 8.49. The maximum Gasteiger partial charge on any atom is 0.416 e. The molecule has 0 aromatic heterocycles. The molecule has 0 N–H and O–H groups in total. The van der Waals surface area contributed by atoms with Crippen molar-refractivity contribution in [3.63, 3.8) is 0 Å². The Kier molecular flexibility index (Phi) is 6.59. The predicted molar refractivity (Wildman–Crippen MR) is 98.0 cm³/mol. The van der Waals surface area contributed by atoms with Crippen molar-refractivity contribution in [1.29, 1.82) is 0 Å². The average molecular weight is 384 g/mol. The summed E-state index contributed by atoms with van der Waals surface area (Å²) < 4.78 is 43.7. The topological polar surface area (TPSA) is 12.5 Å². The molecule has 26 heavy (non-hydrogen) atoms. The third-order valence-corrected chi connectivity index (χ3v) is 4.67. The van der Waals surface area contributed by atoms with E-state index in [0.717, 1.165) is 29.0 Å². The molecule has 0 fully saturated rings. The lowest BCUT2D eigenvalue weighted by Crippen LogP contribution is -2.24. The molecule has 0 heterocycles. The highest BCUT2D eigenvalue weighted by Crippen LogP contribution is 2.33. The molecule has 0 aliphatic rings. The van der Waals surface area contributed by atoms with Crippen LogP contribution in [-0.4, -0.2) is 12.0 Å². The Morgan fingerprint density at radius 2 is 1.77 bits per heavy atom. The van der Waals surface area contributed by atoms with Crippen LogP contribution in [0.5, 0.6) is 5.75 Å². The smallest absolute Gasteiger partial charge is 0.416 e. The molecule has 0 bridgehead atoms. The van der Waals surface area contributed by atoms with Crippen LogP contribution >= 0.6 is 11.6 Å². The molecular formula is C20H21ClF3NO. The van der Waals surface area contributed by atoms with Crippen LogP contribution < -0.4 is 4.74 Å². The van der Waals surface area contributed by atoms with Crippen LogP contribution in [-0.2, 0) is 12.7 Å². The summed E-state index contributed by atoms with van der Waals surface area (Å²) >= 11 is 6.39. The van der Waals surface area contributed by atoms with E-state index in [0.29, 0.717) is 11.7 Å². The van der Waals surface area contributed by atoms with E-state index in [1.165, 1.54) is 12.1 Å². The van der Waals surface area contributed by atoms with Crippen molar-refractivity contribution in [1.82, 2.24) is 4.90 Å². The van der Waals surface area contributed by atoms with Gasteiger partial charge in [0, 0.05) is 12.1 Å². The lowest BCUT2D eigenvalue weighted by atomic mass is 10.0. The summed E-state index contributed by atoms with van der Waals surface area (Å²) in [6.45, 7) is 4.19. The third-order valence-electron chi connectivity index (χ3n) is 4.23. The molecule has 2 rings (SSSR count). The highest BCUT2D eigenvalue weighted by Gasteiger charge is 2.30. The van der Waals surface area contributed by atoms with Crippen LogP contribution in [0.4, 0.5) is 13.2 Å². The van der Waals surface area contributed by atoms with Gasteiger partial charge in [-0.15, -0.1) is 0 Å². The monoisotopic (exact) mass is 383 g/mol. The van der Waals surface area contributed by atoms with E-state index in [4.69, 9.17) is 16.3 Å². The standard InChI is InChI=1S/C20H21ClF3NO/c1-4-19(21)25(13-16-7-5-6-8-18(16)26-3)14(2)15-9-11-17(12-10-15)20(22,23)24/h4-12,14H,13H2,1-3H3/b19-4-. The summed E-state index contributed by atoms with van der Waals surface area (Å²) in [5.74, 6) is 0.734. The van der Waals surface area contributed by atoms with E-state index in [1.807, 2.05) is 43.0 Å². The predicted octanol–water partition coefficient (Wildman–Crippen LogP) is 6.38. The van der Waals surface area contributed by atoms with Crippen molar-refractivity contribution in [2.24, 2.45) is 0 Å². The highest BCUT2D eigenvalue weighted by atomic mass is 35.5. The number of hydrogen-bond acceptors (Lipinski definition) is 2. The Labute approximate surface area is 156 Å². The lowest BCUT2D eigenvalue weighted by Gasteiger charge is -2.31. The quantitative estimate of drug-likeness (QED) is 0.537. The van der Waals surface area contributed by atoms with Gasteiger partial charge in [-0.2, -0.15) is 13.2 Å². The zero-order chi connectivity index (χ0) is 19.3. The second-order valence-corrected chi connectivity index (χ2v) is 6.23. The fraction of sp³-hybridized carbons (Fsp3) is 0.300. The minimum absolute atomic E-state index is 0.217. The Bertz CT molecular complexity index is 756. The average Bonchev–Trinajstić information content (AvgIpc) is 2.64. The van der Waals surface area contributed by atoms with Gasteiger partial charge in [-0.1, -0.05) is 48.0 Å². The van der Waals surface area contributed by atoms with Crippen LogP contribution in [0.2, 0.25) is 0 Å². The minimum atomic E-state index is -4.35. The van der Waals surface area contributed by atoms with Gasteiger partial charge in [-0.3, -0.25) is 0 Å². The van der Waals surface area contributed by atoms with Crippen LogP contribution in [0.15, 0.2) is 59.8 Å². The van der Waals surface area contributed by atoms with Crippen molar-refractivity contribution in [3.8, 4) is 5.75 Å². The molecule has 2 aromatic carbocycles. The third kappa shape index (κ3) is 4.73. The summed E-state index contributed by atoms with van der Waals surface area (Å²) in [6, 6.07) is 12.5. The first-order chi connectivity index (χ1) is 12.3. The van der Waals surface area contributed by atoms with Crippen molar-refractivity contribution >= 4 is 11.6 Å². The number of hydrogen-bond donors (Lipinski definition) is 0. The van der Waals surface area contributed by atoms with Crippen LogP contribution in [0.3, 0.4) is 0 Å². The van der Waals surface area contributed by atoms with Gasteiger partial charge in [-0.05, 0) is 37.6 Å². The van der Waals surface area contributed by atoms with Gasteiger partial charge >= 0.3 is 6.18 Å². The lowest BCUT2D eigenvalue weighted by molar-refractivity contribution is -0.137. The van der Waals surface area contributed by atoms with Crippen molar-refractivity contribution < 1.29 is 17.9 Å². The first-order valence-electron chi connectivity index (χ1n) is 8.15. The number of halogens is 4. The molecule has 2 aromatic rings. The molecule has 0 aliphatic heterocycles. The van der Waals surface area contributed by atoms with Gasteiger partial charge in [0.1, 0.15) is 10.9 Å². The fourth-order valence-corrected chi connectivity index (χ4v) is 2.92. The Morgan fingerprint density at radius 1 is 1.15 bits per heavy atom. The number of allylic oxidation sites excluding steroid dienone is 1. The van der Waals surface area contributed by atoms with E-state index < -0.39 is 11.7 Å². The van der Waals surface area contributed by atoms with Crippen LogP contribution in [0.1, 0.15) is 36.6 Å². The zero-order valence-electron chi connectivity index (χ0n) is 14.8. The molecule has 0 saturated carbocycles. The maximum atomic E-state index is 12.8. The number of ether oxygens (including phenoxy) is 1. The van der Waals surface area contributed by atoms with Gasteiger partial charge in [0.15, 0.2) is 0 Å². The fourth-order valence-electron chi connectivity index (χ4n) is 2.71. The van der Waals surface area contributed by atoms with Gasteiger partial charge in [0.05, 0.1) is 18.7 Å². The van der Waals surface area contributed by atoms with Gasteiger partial charge in [-0.25, -0.2) is 0 Å². The zero-order valence-corrected chi connectivity index (χ0v) is 15.6. The summed E-state index contributed by atoms with van der Waals surface area (Å²) in [4.78, 5) is 1.92. The van der Waals surface area contributed by atoms with E-state index in [2.05, 4.69) is 0 Å². The Morgan fingerprint density at radius 3 is 2.31 bits per heavy atom. The molecule has 2 nitrogen and oxygen atoms in total. The first kappa shape index (κ1) is 20.2. The molecule has 0 amide bonds. The number of para-hydroxylation sites is 1. The highest BCUT2D eigenvalue weighted by molar-refractivity contribution is 6.29. The SMILES string of the molecule is C/C=C(/Cl)N(Cc1ccccc1OC)C(C)c1ccc(C(F)(F)F)cc1. The van der Waals surface area contributed by atoms with E-state index >= 15 is 0 Å². The molecule has 140 valence electrons. The van der Waals surface area contributed by atoms with Gasteiger partial charge in [0.2, 0.25) is 0 Å². The molecule has 6 heteroatoms. The molecule has 1 unspecified atom stereocenters. The Hall–Kier alpha value is -2.14. The van der Waals surface area contributed by atoms with Gasteiger partial charge in [0.25, 0.3) is 0 Å². The normalized spacial score (nSPS) is 13.4. The minimum Gasteiger partial charge on any atom is -0.496 e. The van der Waals surface area contributed by atoms with Crippen LogP contribution in [0, 0.1) is 0 Å². The van der Waals surface area contributed by atoms with Gasteiger partial charge < -0.3 is 9.64 Å². The number of methoxy groups -OCH3 is 1. The largest absolute Gasteiger partial charge is 0.496 e. The van der Waals surface area contributed by atoms with E-state index in [1.54, 1.807) is 13.2 Å². The molecule has 0 saturated heterocycles. The Balaban J connectivity index is 2.32. The molecular weight excluding hydrogens is 363 g/mol. The summed E-state index contributed by atoms with van der Waals surface area (Å²) in [5.41, 5.74) is 1.02. The number of nitrogens with zero attached hydrogens (tertiary/aromatic N) is 1. The van der Waals surface area contributed by atoms with Crippen molar-refractivity contribution in [2.45, 2.75) is 32.6 Å². The number of rotatable bonds is 6. The molecule has 0 radical (unpaired) electrons. The molecule has 0 spiro atoms. The number of alkyl halides is 3. The van der Waals surface area contributed by atoms with E-state index in [9.17, 15) is 13.2 Å². The second-order valence-electron chi connectivity index (χ2n) is 5.85. The molecule has 0 aliphatic carbocycles. The van der Waals surface area contributed by atoms with E-state index in [-0.39, 0.29) is 6.04 Å². The molecule has 1 atom stereocenters. The van der Waals surface area contributed by atoms with Crippen molar-refractivity contribution in [2.75, 3.05) is 7.11 Å². The summed E-state index contributed by atoms with van der Waals surface area (Å²) in [5, 5.41) is 0.517. The van der Waals surface area contributed by atoms with Crippen LogP contribution in [0.25, 0.3) is 0 Å². The maximum absolute atomic E-state index is 12.8. The summed E-state index contributed by atoms with van der Waals surface area (Å²) in [7, 11) is 1.60. The summed E-state index contributed by atoms with van der Waals surface area (Å²) in [6.07, 6.45) is -2.59. The van der Waals surface area contributed by atoms with Crippen molar-refractivity contribution in [3.05, 3.63) is 76.5 Å².